The Morgan fingerprint density at radius 1 is 1.25 bits per heavy atom. The van der Waals surface area contributed by atoms with Crippen molar-refractivity contribution in [3.05, 3.63) is 69.9 Å². The molecule has 1 aliphatic rings. The van der Waals surface area contributed by atoms with Crippen molar-refractivity contribution in [2.24, 2.45) is 0 Å². The molecule has 2 aromatic rings. The minimum Gasteiger partial charge on any atom is -0.376 e. The van der Waals surface area contributed by atoms with Gasteiger partial charge in [-0.25, -0.2) is 4.39 Å². The first-order chi connectivity index (χ1) is 11.6. The second-order valence-electron chi connectivity index (χ2n) is 5.96. The molecule has 1 saturated heterocycles. The zero-order valence-electron chi connectivity index (χ0n) is 13.3. The Balaban J connectivity index is 1.83. The van der Waals surface area contributed by atoms with E-state index >= 15 is 0 Å². The Kier molecular flexibility index (Phi) is 5.63. The molecule has 0 aliphatic carbocycles. The van der Waals surface area contributed by atoms with Crippen LogP contribution in [-0.2, 0) is 11.3 Å². The summed E-state index contributed by atoms with van der Waals surface area (Å²) in [6, 6.07) is 14.1. The van der Waals surface area contributed by atoms with Crippen LogP contribution in [0.4, 0.5) is 4.39 Å². The van der Waals surface area contributed by atoms with E-state index in [2.05, 4.69) is 15.9 Å². The second kappa shape index (κ2) is 7.90. The van der Waals surface area contributed by atoms with E-state index in [0.717, 1.165) is 25.0 Å². The maximum absolute atomic E-state index is 13.7. The van der Waals surface area contributed by atoms with Gasteiger partial charge in [-0.05, 0) is 36.6 Å². The van der Waals surface area contributed by atoms with Gasteiger partial charge in [-0.15, -0.1) is 0 Å². The average Bonchev–Trinajstić information content (AvgIpc) is 3.07. The molecule has 126 valence electrons. The second-order valence-corrected chi connectivity index (χ2v) is 6.88. The summed E-state index contributed by atoms with van der Waals surface area (Å²) >= 11 is 3.25. The molecule has 0 radical (unpaired) electrons. The number of carbonyl (C=O) groups excluding carboxylic acids is 1. The largest absolute Gasteiger partial charge is 0.376 e. The fourth-order valence-electron chi connectivity index (χ4n) is 2.92. The molecule has 1 atom stereocenters. The van der Waals surface area contributed by atoms with Crippen LogP contribution in [0.2, 0.25) is 0 Å². The lowest BCUT2D eigenvalue weighted by atomic mass is 10.1. The number of hydrogen-bond acceptors (Lipinski definition) is 2. The average molecular weight is 392 g/mol. The van der Waals surface area contributed by atoms with Gasteiger partial charge in [0.15, 0.2) is 0 Å². The molecule has 1 fully saturated rings. The van der Waals surface area contributed by atoms with Crippen LogP contribution < -0.4 is 0 Å². The standard InChI is InChI=1S/C19H19BrFNO2/c20-16-9-15(10-17(21)11-16)19(23)22(13-18-7-4-8-24-18)12-14-5-2-1-3-6-14/h1-3,5-6,9-11,18H,4,7-8,12-13H2. The number of rotatable bonds is 5. The van der Waals surface area contributed by atoms with Gasteiger partial charge in [-0.3, -0.25) is 4.79 Å². The van der Waals surface area contributed by atoms with Gasteiger partial charge >= 0.3 is 0 Å². The molecule has 1 heterocycles. The van der Waals surface area contributed by atoms with Crippen LogP contribution in [0.1, 0.15) is 28.8 Å². The van der Waals surface area contributed by atoms with Crippen LogP contribution in [-0.4, -0.2) is 30.1 Å². The lowest BCUT2D eigenvalue weighted by Gasteiger charge is -2.26. The molecular formula is C19H19BrFNO2. The van der Waals surface area contributed by atoms with E-state index in [9.17, 15) is 9.18 Å². The van der Waals surface area contributed by atoms with E-state index in [-0.39, 0.29) is 12.0 Å². The number of benzene rings is 2. The van der Waals surface area contributed by atoms with Crippen LogP contribution in [0, 0.1) is 5.82 Å². The van der Waals surface area contributed by atoms with Crippen molar-refractivity contribution in [2.45, 2.75) is 25.5 Å². The summed E-state index contributed by atoms with van der Waals surface area (Å²) in [5, 5.41) is 0. The minimum absolute atomic E-state index is 0.0506. The van der Waals surface area contributed by atoms with Crippen molar-refractivity contribution in [1.82, 2.24) is 4.90 Å². The Bertz CT molecular complexity index is 682. The predicted molar refractivity (Wildman–Crippen MR) is 94.3 cm³/mol. The van der Waals surface area contributed by atoms with Crippen molar-refractivity contribution in [2.75, 3.05) is 13.2 Å². The molecule has 0 N–H and O–H groups in total. The number of amides is 1. The maximum Gasteiger partial charge on any atom is 0.254 e. The van der Waals surface area contributed by atoms with Crippen LogP contribution in [0.3, 0.4) is 0 Å². The number of nitrogens with zero attached hydrogens (tertiary/aromatic N) is 1. The summed E-state index contributed by atoms with van der Waals surface area (Å²) < 4.78 is 19.9. The SMILES string of the molecule is O=C(c1cc(F)cc(Br)c1)N(Cc1ccccc1)CC1CCCO1. The van der Waals surface area contributed by atoms with E-state index in [4.69, 9.17) is 4.74 Å². The van der Waals surface area contributed by atoms with Gasteiger partial charge in [0.1, 0.15) is 5.82 Å². The molecule has 1 unspecified atom stereocenters. The third-order valence-electron chi connectivity index (χ3n) is 4.06. The maximum atomic E-state index is 13.7. The summed E-state index contributed by atoms with van der Waals surface area (Å²) in [5.74, 6) is -0.612. The molecule has 5 heteroatoms. The third-order valence-corrected chi connectivity index (χ3v) is 4.52. The predicted octanol–water partition coefficient (Wildman–Crippen LogP) is 4.41. The first-order valence-electron chi connectivity index (χ1n) is 8.03. The van der Waals surface area contributed by atoms with Crippen LogP contribution >= 0.6 is 15.9 Å². The highest BCUT2D eigenvalue weighted by molar-refractivity contribution is 9.10. The summed E-state index contributed by atoms with van der Waals surface area (Å²) in [5.41, 5.74) is 1.38. The Morgan fingerprint density at radius 2 is 2.04 bits per heavy atom. The van der Waals surface area contributed by atoms with Gasteiger partial charge in [0.2, 0.25) is 0 Å². The van der Waals surface area contributed by atoms with Crippen molar-refractivity contribution >= 4 is 21.8 Å². The number of halogens is 2. The van der Waals surface area contributed by atoms with Crippen molar-refractivity contribution in [3.63, 3.8) is 0 Å². The number of ether oxygens (including phenoxy) is 1. The Labute approximate surface area is 149 Å². The van der Waals surface area contributed by atoms with Crippen molar-refractivity contribution in [1.29, 1.82) is 0 Å². The summed E-state index contributed by atoms with van der Waals surface area (Å²) in [4.78, 5) is 14.7. The molecule has 1 amide bonds. The zero-order valence-corrected chi connectivity index (χ0v) is 14.8. The highest BCUT2D eigenvalue weighted by Gasteiger charge is 2.24. The van der Waals surface area contributed by atoms with Gasteiger partial charge in [0.05, 0.1) is 6.10 Å². The van der Waals surface area contributed by atoms with Gasteiger partial charge in [-0.2, -0.15) is 0 Å². The number of hydrogen-bond donors (Lipinski definition) is 0. The lowest BCUT2D eigenvalue weighted by molar-refractivity contribution is 0.0507. The quantitative estimate of drug-likeness (QED) is 0.755. The molecule has 0 aromatic heterocycles. The van der Waals surface area contributed by atoms with Crippen molar-refractivity contribution < 1.29 is 13.9 Å². The molecule has 2 aromatic carbocycles. The van der Waals surface area contributed by atoms with Crippen molar-refractivity contribution in [3.8, 4) is 0 Å². The lowest BCUT2D eigenvalue weighted by Crippen LogP contribution is -2.37. The summed E-state index contributed by atoms with van der Waals surface area (Å²) in [6.45, 7) is 1.74. The molecule has 1 aliphatic heterocycles. The van der Waals surface area contributed by atoms with E-state index in [1.165, 1.54) is 12.1 Å². The summed E-state index contributed by atoms with van der Waals surface area (Å²) in [6.07, 6.45) is 2.02. The molecule has 0 saturated carbocycles. The summed E-state index contributed by atoms with van der Waals surface area (Å²) in [7, 11) is 0. The fraction of sp³-hybridized carbons (Fsp3) is 0.316. The first kappa shape index (κ1) is 17.1. The fourth-order valence-corrected chi connectivity index (χ4v) is 3.38. The highest BCUT2D eigenvalue weighted by atomic mass is 79.9. The normalized spacial score (nSPS) is 17.0. The molecule has 0 bridgehead atoms. The van der Waals surface area contributed by atoms with Crippen LogP contribution in [0.15, 0.2) is 53.0 Å². The smallest absolute Gasteiger partial charge is 0.254 e. The van der Waals surface area contributed by atoms with Gasteiger partial charge < -0.3 is 9.64 Å². The van der Waals surface area contributed by atoms with E-state index in [1.807, 2.05) is 30.3 Å². The molecule has 24 heavy (non-hydrogen) atoms. The van der Waals surface area contributed by atoms with E-state index in [0.29, 0.717) is 23.1 Å². The molecular weight excluding hydrogens is 373 g/mol. The highest BCUT2D eigenvalue weighted by Crippen LogP contribution is 2.20. The topological polar surface area (TPSA) is 29.5 Å². The van der Waals surface area contributed by atoms with Gasteiger partial charge in [-0.1, -0.05) is 46.3 Å². The van der Waals surface area contributed by atoms with E-state index < -0.39 is 5.82 Å². The van der Waals surface area contributed by atoms with Crippen LogP contribution in [0.25, 0.3) is 0 Å². The zero-order chi connectivity index (χ0) is 16.9. The molecule has 3 rings (SSSR count). The molecule has 0 spiro atoms. The van der Waals surface area contributed by atoms with Gasteiger partial charge in [0.25, 0.3) is 5.91 Å². The Morgan fingerprint density at radius 3 is 2.71 bits per heavy atom. The number of carbonyl (C=O) groups is 1. The minimum atomic E-state index is -0.426. The molecule has 3 nitrogen and oxygen atoms in total. The van der Waals surface area contributed by atoms with Gasteiger partial charge in [0, 0.05) is 29.7 Å². The van der Waals surface area contributed by atoms with E-state index in [1.54, 1.807) is 11.0 Å². The van der Waals surface area contributed by atoms with Crippen LogP contribution in [0.5, 0.6) is 0 Å². The monoisotopic (exact) mass is 391 g/mol. The first-order valence-corrected chi connectivity index (χ1v) is 8.82. The third kappa shape index (κ3) is 4.42. The Hall–Kier alpha value is -1.72.